The maximum absolute atomic E-state index is 12.6. The van der Waals surface area contributed by atoms with E-state index in [1.165, 1.54) is 0 Å². The number of hydrogen-bond acceptors (Lipinski definition) is 1. The minimum Gasteiger partial charge on any atom is -0.311 e. The first kappa shape index (κ1) is 16.0. The molecule has 0 saturated carbocycles. The van der Waals surface area contributed by atoms with Crippen LogP contribution in [0.15, 0.2) is 59.8 Å². The van der Waals surface area contributed by atoms with Crippen molar-refractivity contribution in [2.24, 2.45) is 0 Å². The topological polar surface area (TPSA) is 20.3 Å². The molecule has 0 unspecified atom stereocenters. The largest absolute Gasteiger partial charge is 0.311 e. The van der Waals surface area contributed by atoms with E-state index >= 15 is 0 Å². The molecule has 2 heteroatoms. The molecule has 1 amide bonds. The molecule has 0 aliphatic rings. The highest BCUT2D eigenvalue weighted by molar-refractivity contribution is 5.96. The van der Waals surface area contributed by atoms with Crippen molar-refractivity contribution in [1.29, 1.82) is 0 Å². The van der Waals surface area contributed by atoms with Gasteiger partial charge < -0.3 is 4.90 Å². The van der Waals surface area contributed by atoms with Crippen molar-refractivity contribution < 1.29 is 4.79 Å². The van der Waals surface area contributed by atoms with E-state index in [1.54, 1.807) is 11.9 Å². The summed E-state index contributed by atoms with van der Waals surface area (Å²) in [6.45, 7) is 11.7. The summed E-state index contributed by atoms with van der Waals surface area (Å²) in [5.41, 5.74) is 4.63. The standard InChI is InChI=1S/C18H23NO/c1-7-17(15(5)12-13(2)3)19(6)18(20)16-11-9-8-10-14(16)4/h7-12H,2H2,1,3-6H3/b15-12-,17-7+. The number of allylic oxidation sites excluding steroid dienone is 4. The first-order valence-corrected chi connectivity index (χ1v) is 6.72. The van der Waals surface area contributed by atoms with Gasteiger partial charge in [0, 0.05) is 18.3 Å². The van der Waals surface area contributed by atoms with E-state index < -0.39 is 0 Å². The van der Waals surface area contributed by atoms with Crippen molar-refractivity contribution in [2.75, 3.05) is 7.05 Å². The molecule has 1 rings (SSSR count). The Kier molecular flexibility index (Phi) is 5.51. The van der Waals surface area contributed by atoms with Crippen LogP contribution in [0.4, 0.5) is 0 Å². The van der Waals surface area contributed by atoms with Crippen molar-refractivity contribution >= 4 is 5.91 Å². The van der Waals surface area contributed by atoms with Gasteiger partial charge in [0.25, 0.3) is 5.91 Å². The SMILES string of the molecule is C=C(C)/C=C(C)\C(=C/C)N(C)C(=O)c1ccccc1C. The number of carbonyl (C=O) groups is 1. The molecule has 0 heterocycles. The number of amides is 1. The van der Waals surface area contributed by atoms with E-state index in [-0.39, 0.29) is 5.91 Å². The lowest BCUT2D eigenvalue weighted by Gasteiger charge is -2.22. The van der Waals surface area contributed by atoms with Crippen LogP contribution in [-0.4, -0.2) is 17.9 Å². The van der Waals surface area contributed by atoms with Gasteiger partial charge in [-0.05, 0) is 44.9 Å². The van der Waals surface area contributed by atoms with Gasteiger partial charge >= 0.3 is 0 Å². The zero-order chi connectivity index (χ0) is 15.3. The average Bonchev–Trinajstić information content (AvgIpc) is 2.38. The molecule has 0 atom stereocenters. The van der Waals surface area contributed by atoms with Crippen molar-refractivity contribution in [3.05, 3.63) is 71.0 Å². The maximum Gasteiger partial charge on any atom is 0.258 e. The van der Waals surface area contributed by atoms with E-state index in [2.05, 4.69) is 6.58 Å². The van der Waals surface area contributed by atoms with Gasteiger partial charge in [-0.2, -0.15) is 0 Å². The lowest BCUT2D eigenvalue weighted by atomic mass is 10.1. The van der Waals surface area contributed by atoms with Crippen LogP contribution < -0.4 is 0 Å². The molecule has 20 heavy (non-hydrogen) atoms. The van der Waals surface area contributed by atoms with E-state index in [0.29, 0.717) is 0 Å². The zero-order valence-corrected chi connectivity index (χ0v) is 13.0. The van der Waals surface area contributed by atoms with Gasteiger partial charge in [0.1, 0.15) is 0 Å². The van der Waals surface area contributed by atoms with Crippen LogP contribution >= 0.6 is 0 Å². The van der Waals surface area contributed by atoms with Crippen LogP contribution in [-0.2, 0) is 0 Å². The number of aryl methyl sites for hydroxylation is 1. The first-order valence-electron chi connectivity index (χ1n) is 6.72. The van der Waals surface area contributed by atoms with Crippen molar-refractivity contribution in [3.8, 4) is 0 Å². The Morgan fingerprint density at radius 3 is 2.35 bits per heavy atom. The predicted molar refractivity (Wildman–Crippen MR) is 85.6 cm³/mol. The lowest BCUT2D eigenvalue weighted by molar-refractivity contribution is 0.0838. The third kappa shape index (κ3) is 3.70. The highest BCUT2D eigenvalue weighted by Gasteiger charge is 2.17. The Balaban J connectivity index is 3.10. The van der Waals surface area contributed by atoms with Crippen LogP contribution in [0, 0.1) is 6.92 Å². The van der Waals surface area contributed by atoms with Gasteiger partial charge in [0.2, 0.25) is 0 Å². The van der Waals surface area contributed by atoms with Gasteiger partial charge in [0.15, 0.2) is 0 Å². The molecule has 0 fully saturated rings. The molecule has 0 aromatic heterocycles. The molecule has 0 spiro atoms. The third-order valence-electron chi connectivity index (χ3n) is 3.18. The van der Waals surface area contributed by atoms with Crippen molar-refractivity contribution in [2.45, 2.75) is 27.7 Å². The monoisotopic (exact) mass is 269 g/mol. The molecule has 106 valence electrons. The van der Waals surface area contributed by atoms with Crippen molar-refractivity contribution in [3.63, 3.8) is 0 Å². The summed E-state index contributed by atoms with van der Waals surface area (Å²) in [5.74, 6) is 0.00525. The minimum atomic E-state index is 0.00525. The third-order valence-corrected chi connectivity index (χ3v) is 3.18. The molecule has 1 aromatic rings. The second-order valence-corrected chi connectivity index (χ2v) is 5.03. The molecule has 0 bridgehead atoms. The smallest absolute Gasteiger partial charge is 0.258 e. The summed E-state index contributed by atoms with van der Waals surface area (Å²) in [7, 11) is 1.81. The number of likely N-dealkylation sites (N-methyl/N-ethyl adjacent to an activating group) is 1. The fourth-order valence-corrected chi connectivity index (χ4v) is 2.23. The van der Waals surface area contributed by atoms with Crippen LogP contribution in [0.2, 0.25) is 0 Å². The highest BCUT2D eigenvalue weighted by atomic mass is 16.2. The van der Waals surface area contributed by atoms with Gasteiger partial charge in [0.05, 0.1) is 0 Å². The van der Waals surface area contributed by atoms with Crippen LogP contribution in [0.25, 0.3) is 0 Å². The van der Waals surface area contributed by atoms with Crippen LogP contribution in [0.1, 0.15) is 36.7 Å². The first-order chi connectivity index (χ1) is 9.38. The van der Waals surface area contributed by atoms with Crippen LogP contribution in [0.5, 0.6) is 0 Å². The second-order valence-electron chi connectivity index (χ2n) is 5.03. The van der Waals surface area contributed by atoms with Gasteiger partial charge in [-0.15, -0.1) is 0 Å². The molecule has 0 N–H and O–H groups in total. The molecular formula is C18H23NO. The Hall–Kier alpha value is -2.09. The number of carbonyl (C=O) groups excluding carboxylic acids is 1. The van der Waals surface area contributed by atoms with Gasteiger partial charge in [-0.25, -0.2) is 0 Å². The number of hydrogen-bond donors (Lipinski definition) is 0. The normalized spacial score (nSPS) is 12.2. The summed E-state index contributed by atoms with van der Waals surface area (Å²) in [4.78, 5) is 14.3. The van der Waals surface area contributed by atoms with E-state index in [9.17, 15) is 4.79 Å². The highest BCUT2D eigenvalue weighted by Crippen LogP contribution is 2.19. The molecular weight excluding hydrogens is 246 g/mol. The fourth-order valence-electron chi connectivity index (χ4n) is 2.23. The van der Waals surface area contributed by atoms with Crippen molar-refractivity contribution in [1.82, 2.24) is 4.90 Å². The van der Waals surface area contributed by atoms with Gasteiger partial charge in [-0.1, -0.05) is 42.5 Å². The summed E-state index contributed by atoms with van der Waals surface area (Å²) in [6, 6.07) is 7.64. The molecule has 0 aliphatic carbocycles. The summed E-state index contributed by atoms with van der Waals surface area (Å²) in [6.07, 6.45) is 3.93. The second kappa shape index (κ2) is 6.90. The maximum atomic E-state index is 12.6. The molecule has 0 saturated heterocycles. The van der Waals surface area contributed by atoms with E-state index in [4.69, 9.17) is 0 Å². The molecule has 2 nitrogen and oxygen atoms in total. The Morgan fingerprint density at radius 2 is 1.85 bits per heavy atom. The van der Waals surface area contributed by atoms with E-state index in [1.807, 2.05) is 64.1 Å². The minimum absolute atomic E-state index is 0.00525. The zero-order valence-electron chi connectivity index (χ0n) is 13.0. The Morgan fingerprint density at radius 1 is 1.25 bits per heavy atom. The predicted octanol–water partition coefficient (Wildman–Crippen LogP) is 4.49. The van der Waals surface area contributed by atoms with Crippen LogP contribution in [0.3, 0.4) is 0 Å². The fraction of sp³-hybridized carbons (Fsp3) is 0.278. The molecule has 0 aliphatic heterocycles. The molecule has 0 radical (unpaired) electrons. The Bertz CT molecular complexity index is 579. The molecule has 1 aromatic carbocycles. The lowest BCUT2D eigenvalue weighted by Crippen LogP contribution is -2.27. The average molecular weight is 269 g/mol. The van der Waals surface area contributed by atoms with E-state index in [0.717, 1.165) is 28.0 Å². The number of benzene rings is 1. The quantitative estimate of drug-likeness (QED) is 0.737. The summed E-state index contributed by atoms with van der Waals surface area (Å²) in [5, 5.41) is 0. The number of rotatable bonds is 4. The Labute approximate surface area is 122 Å². The summed E-state index contributed by atoms with van der Waals surface area (Å²) >= 11 is 0. The number of nitrogens with zero attached hydrogens (tertiary/aromatic N) is 1. The van der Waals surface area contributed by atoms with Gasteiger partial charge in [-0.3, -0.25) is 4.79 Å². The summed E-state index contributed by atoms with van der Waals surface area (Å²) < 4.78 is 0.